The van der Waals surface area contributed by atoms with E-state index in [-0.39, 0.29) is 18.9 Å². The first kappa shape index (κ1) is 15.9. The van der Waals surface area contributed by atoms with Crippen LogP contribution in [0.2, 0.25) is 0 Å². The van der Waals surface area contributed by atoms with Gasteiger partial charge in [0.2, 0.25) is 5.91 Å². The smallest absolute Gasteiger partial charge is 0.225 e. The highest BCUT2D eigenvalue weighted by molar-refractivity contribution is 5.76. The van der Waals surface area contributed by atoms with E-state index in [4.69, 9.17) is 4.74 Å². The van der Waals surface area contributed by atoms with Crippen LogP contribution in [0.25, 0.3) is 0 Å². The molecule has 1 aromatic rings. The average Bonchev–Trinajstić information content (AvgIpc) is 2.69. The molecule has 0 bridgehead atoms. The van der Waals surface area contributed by atoms with Crippen LogP contribution in [0.5, 0.6) is 0 Å². The monoisotopic (exact) mass is 296 g/mol. The van der Waals surface area contributed by atoms with Crippen LogP contribution in [0.15, 0.2) is 6.33 Å². The maximum Gasteiger partial charge on any atom is 0.225 e. The van der Waals surface area contributed by atoms with Crippen LogP contribution in [0.3, 0.4) is 0 Å². The van der Waals surface area contributed by atoms with Crippen molar-refractivity contribution >= 4 is 5.91 Å². The second kappa shape index (κ2) is 6.55. The van der Waals surface area contributed by atoms with Crippen molar-refractivity contribution in [3.05, 3.63) is 17.7 Å². The van der Waals surface area contributed by atoms with E-state index in [1.807, 2.05) is 6.92 Å². The van der Waals surface area contributed by atoms with Crippen LogP contribution in [0, 0.1) is 6.92 Å². The minimum atomic E-state index is -1.15. The van der Waals surface area contributed by atoms with Gasteiger partial charge in [-0.3, -0.25) is 9.69 Å². The minimum absolute atomic E-state index is 0.0655. The van der Waals surface area contributed by atoms with Crippen LogP contribution in [0.1, 0.15) is 17.8 Å². The Morgan fingerprint density at radius 2 is 2.38 bits per heavy atom. The first-order valence-corrected chi connectivity index (χ1v) is 7.11. The summed E-state index contributed by atoms with van der Waals surface area (Å²) in [6.45, 7) is 4.45. The highest BCUT2D eigenvalue weighted by Crippen LogP contribution is 2.19. The first-order chi connectivity index (χ1) is 9.89. The molecule has 0 aliphatic carbocycles. The SMILES string of the molecule is Cc1[nH]cnc1CN1CCOCC(O)(CC(=O)N(C)C)C1. The van der Waals surface area contributed by atoms with E-state index < -0.39 is 5.60 Å². The zero-order chi connectivity index (χ0) is 15.5. The van der Waals surface area contributed by atoms with Crippen molar-refractivity contribution in [3.8, 4) is 0 Å². The Kier molecular flexibility index (Phi) is 4.97. The molecule has 1 unspecified atom stereocenters. The van der Waals surface area contributed by atoms with Gasteiger partial charge in [0.15, 0.2) is 0 Å². The number of aliphatic hydroxyl groups is 1. The van der Waals surface area contributed by atoms with Crippen LogP contribution in [0.4, 0.5) is 0 Å². The molecule has 1 aromatic heterocycles. The quantitative estimate of drug-likeness (QED) is 0.801. The number of carbonyl (C=O) groups excluding carboxylic acids is 1. The number of aromatic amines is 1. The summed E-state index contributed by atoms with van der Waals surface area (Å²) in [4.78, 5) is 22.8. The van der Waals surface area contributed by atoms with Gasteiger partial charge in [-0.2, -0.15) is 0 Å². The molecule has 2 rings (SSSR count). The molecule has 0 saturated carbocycles. The van der Waals surface area contributed by atoms with Crippen molar-refractivity contribution < 1.29 is 14.6 Å². The van der Waals surface area contributed by atoms with Gasteiger partial charge in [0, 0.05) is 39.4 Å². The fourth-order valence-corrected chi connectivity index (χ4v) is 2.44. The number of β-amino-alcohol motifs (C(OH)–C–C–N with tert-alkyl or cyclic N) is 1. The Balaban J connectivity index is 2.03. The molecule has 1 fully saturated rings. The van der Waals surface area contributed by atoms with Crippen LogP contribution >= 0.6 is 0 Å². The predicted molar refractivity (Wildman–Crippen MR) is 77.7 cm³/mol. The van der Waals surface area contributed by atoms with Gasteiger partial charge in [0.25, 0.3) is 0 Å². The fourth-order valence-electron chi connectivity index (χ4n) is 2.44. The lowest BCUT2D eigenvalue weighted by molar-refractivity contribution is -0.136. The molecule has 118 valence electrons. The molecule has 1 aliphatic rings. The van der Waals surface area contributed by atoms with Gasteiger partial charge >= 0.3 is 0 Å². The molecule has 7 nitrogen and oxygen atoms in total. The number of rotatable bonds is 4. The number of nitrogens with zero attached hydrogens (tertiary/aromatic N) is 3. The lowest BCUT2D eigenvalue weighted by Crippen LogP contribution is -2.47. The van der Waals surface area contributed by atoms with E-state index in [1.165, 1.54) is 4.90 Å². The van der Waals surface area contributed by atoms with Crippen molar-refractivity contribution in [1.29, 1.82) is 0 Å². The molecule has 2 heterocycles. The third-order valence-electron chi connectivity index (χ3n) is 3.73. The number of nitrogens with one attached hydrogen (secondary N) is 1. The number of imidazole rings is 1. The summed E-state index contributed by atoms with van der Waals surface area (Å²) in [6.07, 6.45) is 1.73. The number of carbonyl (C=O) groups is 1. The Bertz CT molecular complexity index is 488. The molecular formula is C14H24N4O3. The summed E-state index contributed by atoms with van der Waals surface area (Å²) in [6, 6.07) is 0. The number of aromatic nitrogens is 2. The van der Waals surface area contributed by atoms with Gasteiger partial charge in [-0.1, -0.05) is 0 Å². The third-order valence-corrected chi connectivity index (χ3v) is 3.73. The van der Waals surface area contributed by atoms with Crippen LogP contribution in [-0.2, 0) is 16.1 Å². The molecule has 0 aromatic carbocycles. The zero-order valence-corrected chi connectivity index (χ0v) is 12.9. The summed E-state index contributed by atoms with van der Waals surface area (Å²) in [5.74, 6) is -0.0982. The van der Waals surface area contributed by atoms with Crippen LogP contribution in [-0.4, -0.2) is 76.8 Å². The zero-order valence-electron chi connectivity index (χ0n) is 12.9. The molecule has 1 aliphatic heterocycles. The number of aryl methyl sites for hydroxylation is 1. The largest absolute Gasteiger partial charge is 0.386 e. The molecule has 21 heavy (non-hydrogen) atoms. The normalized spacial score (nSPS) is 23.8. The molecule has 0 radical (unpaired) electrons. The van der Waals surface area contributed by atoms with E-state index >= 15 is 0 Å². The van der Waals surface area contributed by atoms with E-state index in [9.17, 15) is 9.90 Å². The van der Waals surface area contributed by atoms with Crippen molar-refractivity contribution in [2.75, 3.05) is 40.4 Å². The van der Waals surface area contributed by atoms with E-state index in [0.29, 0.717) is 26.2 Å². The lowest BCUT2D eigenvalue weighted by atomic mass is 9.99. The Morgan fingerprint density at radius 3 is 3.00 bits per heavy atom. The number of hydrogen-bond acceptors (Lipinski definition) is 5. The maximum absolute atomic E-state index is 11.9. The highest BCUT2D eigenvalue weighted by atomic mass is 16.5. The van der Waals surface area contributed by atoms with Gasteiger partial charge in [0.05, 0.1) is 31.7 Å². The summed E-state index contributed by atoms with van der Waals surface area (Å²) in [5, 5.41) is 10.7. The van der Waals surface area contributed by atoms with E-state index in [1.54, 1.807) is 20.4 Å². The highest BCUT2D eigenvalue weighted by Gasteiger charge is 2.35. The molecule has 1 amide bonds. The van der Waals surface area contributed by atoms with Gasteiger partial charge in [0.1, 0.15) is 5.60 Å². The Hall–Kier alpha value is -1.44. The maximum atomic E-state index is 11.9. The Labute approximate surface area is 124 Å². The van der Waals surface area contributed by atoms with E-state index in [2.05, 4.69) is 14.9 Å². The Morgan fingerprint density at radius 1 is 1.62 bits per heavy atom. The average molecular weight is 296 g/mol. The fraction of sp³-hybridized carbons (Fsp3) is 0.714. The molecule has 1 saturated heterocycles. The lowest BCUT2D eigenvalue weighted by Gasteiger charge is -2.30. The summed E-state index contributed by atoms with van der Waals surface area (Å²) < 4.78 is 5.48. The van der Waals surface area contributed by atoms with Crippen LogP contribution < -0.4 is 0 Å². The summed E-state index contributed by atoms with van der Waals surface area (Å²) in [5.41, 5.74) is 0.827. The first-order valence-electron chi connectivity index (χ1n) is 7.11. The van der Waals surface area contributed by atoms with Gasteiger partial charge < -0.3 is 19.7 Å². The third kappa shape index (κ3) is 4.26. The van der Waals surface area contributed by atoms with Gasteiger partial charge in [-0.05, 0) is 6.92 Å². The number of amides is 1. The second-order valence-electron chi connectivity index (χ2n) is 5.93. The van der Waals surface area contributed by atoms with Crippen molar-refractivity contribution in [2.45, 2.75) is 25.5 Å². The summed E-state index contributed by atoms with van der Waals surface area (Å²) >= 11 is 0. The molecule has 2 N–H and O–H groups in total. The number of hydrogen-bond donors (Lipinski definition) is 2. The van der Waals surface area contributed by atoms with Crippen molar-refractivity contribution in [2.24, 2.45) is 0 Å². The number of H-pyrrole nitrogens is 1. The second-order valence-corrected chi connectivity index (χ2v) is 5.93. The van der Waals surface area contributed by atoms with Crippen molar-refractivity contribution in [3.63, 3.8) is 0 Å². The van der Waals surface area contributed by atoms with Gasteiger partial charge in [-0.25, -0.2) is 4.98 Å². The molecule has 7 heteroatoms. The standard InChI is InChI=1S/C14H24N4O3/c1-11-12(16-10-15-11)7-18-4-5-21-9-14(20,8-18)6-13(19)17(2)3/h10,20H,4-9H2,1-3H3,(H,15,16). The molecule has 0 spiro atoms. The molecular weight excluding hydrogens is 272 g/mol. The van der Waals surface area contributed by atoms with E-state index in [0.717, 1.165) is 11.4 Å². The topological polar surface area (TPSA) is 81.7 Å². The minimum Gasteiger partial charge on any atom is -0.386 e. The van der Waals surface area contributed by atoms with Crippen molar-refractivity contribution in [1.82, 2.24) is 19.8 Å². The molecule has 1 atom stereocenters. The van der Waals surface area contributed by atoms with Gasteiger partial charge in [-0.15, -0.1) is 0 Å². The summed E-state index contributed by atoms with van der Waals surface area (Å²) in [7, 11) is 3.38. The predicted octanol–water partition coefficient (Wildman–Crippen LogP) is -0.240. The number of ether oxygens (including phenoxy) is 1.